The van der Waals surface area contributed by atoms with Crippen molar-refractivity contribution >= 4 is 35.2 Å². The number of thioether (sulfide) groups is 1. The first-order valence-corrected chi connectivity index (χ1v) is 10.8. The van der Waals surface area contributed by atoms with Crippen LogP contribution in [0.15, 0.2) is 53.7 Å². The first-order chi connectivity index (χ1) is 15.2. The molecule has 0 saturated heterocycles. The minimum atomic E-state index is -1.06. The molecule has 1 atom stereocenters. The predicted octanol–water partition coefficient (Wildman–Crippen LogP) is 3.04. The van der Waals surface area contributed by atoms with Crippen molar-refractivity contribution < 1.29 is 19.5 Å². The summed E-state index contributed by atoms with van der Waals surface area (Å²) in [5.41, 5.74) is 2.06. The number of aryl methyl sites for hydroxylation is 1. The maximum absolute atomic E-state index is 12.5. The van der Waals surface area contributed by atoms with Crippen molar-refractivity contribution in [1.82, 2.24) is 20.1 Å². The van der Waals surface area contributed by atoms with Gasteiger partial charge in [-0.05, 0) is 44.2 Å². The topological polar surface area (TPSA) is 126 Å². The first kappa shape index (κ1) is 23.0. The molecule has 3 aromatic rings. The highest BCUT2D eigenvalue weighted by Gasteiger charge is 2.19. The maximum Gasteiger partial charge on any atom is 0.335 e. The van der Waals surface area contributed by atoms with E-state index in [1.54, 1.807) is 29.8 Å². The standard InChI is InChI=1S/C22H23N5O4S/c1-13-6-4-7-15(10-13)20(29)23-14(2)19-25-26-22(27(19)3)32-12-18(28)24-17-9-5-8-16(11-17)21(30)31/h4-11,14H,12H2,1-3H3,(H,23,29)(H,24,28)(H,30,31)/t14-/m1/s1. The summed E-state index contributed by atoms with van der Waals surface area (Å²) in [7, 11) is 1.77. The summed E-state index contributed by atoms with van der Waals surface area (Å²) in [6, 6.07) is 12.9. The van der Waals surface area contributed by atoms with Crippen molar-refractivity contribution in [1.29, 1.82) is 0 Å². The Morgan fingerprint density at radius 2 is 1.81 bits per heavy atom. The monoisotopic (exact) mass is 453 g/mol. The number of hydrogen-bond acceptors (Lipinski definition) is 6. The van der Waals surface area contributed by atoms with E-state index < -0.39 is 5.97 Å². The molecule has 0 aliphatic rings. The van der Waals surface area contributed by atoms with Gasteiger partial charge in [-0.2, -0.15) is 0 Å². The molecule has 0 radical (unpaired) electrons. The average molecular weight is 454 g/mol. The van der Waals surface area contributed by atoms with Crippen molar-refractivity contribution in [2.75, 3.05) is 11.1 Å². The third-order valence-electron chi connectivity index (χ3n) is 4.61. The number of anilines is 1. The summed E-state index contributed by atoms with van der Waals surface area (Å²) < 4.78 is 1.73. The Kier molecular flexibility index (Phi) is 7.26. The number of aromatic nitrogens is 3. The van der Waals surface area contributed by atoms with E-state index >= 15 is 0 Å². The normalized spacial score (nSPS) is 11.6. The summed E-state index contributed by atoms with van der Waals surface area (Å²) >= 11 is 1.19. The molecule has 9 nitrogen and oxygen atoms in total. The SMILES string of the molecule is Cc1cccc(C(=O)N[C@H](C)c2nnc(SCC(=O)Nc3cccc(C(=O)O)c3)n2C)c1. The molecule has 0 fully saturated rings. The average Bonchev–Trinajstić information content (AvgIpc) is 3.12. The largest absolute Gasteiger partial charge is 0.478 e. The molecule has 3 rings (SSSR count). The van der Waals surface area contributed by atoms with Crippen LogP contribution in [0.25, 0.3) is 0 Å². The number of amides is 2. The molecular formula is C22H23N5O4S. The van der Waals surface area contributed by atoms with Gasteiger partial charge in [-0.15, -0.1) is 10.2 Å². The van der Waals surface area contributed by atoms with Crippen molar-refractivity contribution in [3.63, 3.8) is 0 Å². The van der Waals surface area contributed by atoms with Gasteiger partial charge < -0.3 is 20.3 Å². The Bertz CT molecular complexity index is 1160. The number of carbonyl (C=O) groups excluding carboxylic acids is 2. The molecule has 1 heterocycles. The van der Waals surface area contributed by atoms with E-state index in [2.05, 4.69) is 20.8 Å². The Balaban J connectivity index is 1.58. The molecule has 0 spiro atoms. The Hall–Kier alpha value is -3.66. The number of nitrogens with zero attached hydrogens (tertiary/aromatic N) is 3. The number of carboxylic acids is 1. The fraction of sp³-hybridized carbons (Fsp3) is 0.227. The molecule has 2 amide bonds. The Labute approximate surface area is 189 Å². The maximum atomic E-state index is 12.5. The fourth-order valence-corrected chi connectivity index (χ4v) is 3.74. The predicted molar refractivity (Wildman–Crippen MR) is 121 cm³/mol. The Morgan fingerprint density at radius 3 is 2.53 bits per heavy atom. The molecule has 0 saturated carbocycles. The smallest absolute Gasteiger partial charge is 0.335 e. The van der Waals surface area contributed by atoms with Gasteiger partial charge in [-0.25, -0.2) is 4.79 Å². The van der Waals surface area contributed by atoms with E-state index in [4.69, 9.17) is 5.11 Å². The Morgan fingerprint density at radius 1 is 1.09 bits per heavy atom. The van der Waals surface area contributed by atoms with Crippen LogP contribution in [0, 0.1) is 6.92 Å². The number of nitrogens with one attached hydrogen (secondary N) is 2. The first-order valence-electron chi connectivity index (χ1n) is 9.77. The summed E-state index contributed by atoms with van der Waals surface area (Å²) in [6.07, 6.45) is 0. The van der Waals surface area contributed by atoms with Gasteiger partial charge in [0.05, 0.1) is 17.4 Å². The third-order valence-corrected chi connectivity index (χ3v) is 5.63. The molecule has 32 heavy (non-hydrogen) atoms. The van der Waals surface area contributed by atoms with E-state index in [0.717, 1.165) is 5.56 Å². The number of carbonyl (C=O) groups is 3. The van der Waals surface area contributed by atoms with Crippen molar-refractivity contribution in [3.8, 4) is 0 Å². The number of aromatic carboxylic acids is 1. The molecule has 0 bridgehead atoms. The van der Waals surface area contributed by atoms with E-state index in [1.807, 2.05) is 32.0 Å². The quantitative estimate of drug-likeness (QED) is 0.448. The number of benzene rings is 2. The second kappa shape index (κ2) is 10.1. The van der Waals surface area contributed by atoms with Crippen LogP contribution in [-0.2, 0) is 11.8 Å². The van der Waals surface area contributed by atoms with E-state index in [1.165, 1.54) is 23.9 Å². The molecule has 0 aliphatic heterocycles. The van der Waals surface area contributed by atoms with Gasteiger partial charge in [0, 0.05) is 18.3 Å². The van der Waals surface area contributed by atoms with E-state index in [0.29, 0.717) is 22.2 Å². The van der Waals surface area contributed by atoms with Gasteiger partial charge in [-0.3, -0.25) is 9.59 Å². The molecule has 3 N–H and O–H groups in total. The summed E-state index contributed by atoms with van der Waals surface area (Å²) in [4.78, 5) is 35.8. The molecule has 0 aliphatic carbocycles. The van der Waals surface area contributed by atoms with Gasteiger partial charge >= 0.3 is 5.97 Å². The lowest BCUT2D eigenvalue weighted by Gasteiger charge is -2.14. The second-order valence-corrected chi connectivity index (χ2v) is 8.13. The molecule has 2 aromatic carbocycles. The number of carboxylic acid groups (broad SMARTS) is 1. The van der Waals surface area contributed by atoms with Crippen LogP contribution >= 0.6 is 11.8 Å². The van der Waals surface area contributed by atoms with Crippen LogP contribution in [0.5, 0.6) is 0 Å². The second-order valence-electron chi connectivity index (χ2n) is 7.19. The van der Waals surface area contributed by atoms with Gasteiger partial charge in [0.1, 0.15) is 0 Å². The number of hydrogen-bond donors (Lipinski definition) is 3. The highest BCUT2D eigenvalue weighted by atomic mass is 32.2. The van der Waals surface area contributed by atoms with Gasteiger partial charge in [-0.1, -0.05) is 35.5 Å². The van der Waals surface area contributed by atoms with Crippen LogP contribution in [-0.4, -0.2) is 43.4 Å². The van der Waals surface area contributed by atoms with Crippen molar-refractivity contribution in [2.45, 2.75) is 25.0 Å². The van der Waals surface area contributed by atoms with Crippen molar-refractivity contribution in [2.24, 2.45) is 7.05 Å². The van der Waals surface area contributed by atoms with Crippen LogP contribution < -0.4 is 10.6 Å². The molecule has 1 aromatic heterocycles. The van der Waals surface area contributed by atoms with Gasteiger partial charge in [0.2, 0.25) is 5.91 Å². The molecular weight excluding hydrogens is 430 g/mol. The van der Waals surface area contributed by atoms with Gasteiger partial charge in [0.25, 0.3) is 5.91 Å². The lowest BCUT2D eigenvalue weighted by Crippen LogP contribution is -2.28. The van der Waals surface area contributed by atoms with Crippen LogP contribution in [0.3, 0.4) is 0 Å². The highest BCUT2D eigenvalue weighted by molar-refractivity contribution is 7.99. The summed E-state index contributed by atoms with van der Waals surface area (Å²) in [6.45, 7) is 3.74. The third kappa shape index (κ3) is 5.73. The van der Waals surface area contributed by atoms with Gasteiger partial charge in [0.15, 0.2) is 11.0 Å². The minimum absolute atomic E-state index is 0.0628. The van der Waals surface area contributed by atoms with Crippen molar-refractivity contribution in [3.05, 3.63) is 71.0 Å². The fourth-order valence-electron chi connectivity index (χ4n) is 3.02. The van der Waals surface area contributed by atoms with E-state index in [-0.39, 0.29) is 29.2 Å². The summed E-state index contributed by atoms with van der Waals surface area (Å²) in [5.74, 6) is -0.953. The van der Waals surface area contributed by atoms with E-state index in [9.17, 15) is 14.4 Å². The zero-order chi connectivity index (χ0) is 23.3. The zero-order valence-electron chi connectivity index (χ0n) is 17.8. The van der Waals surface area contributed by atoms with Crippen LogP contribution in [0.2, 0.25) is 0 Å². The molecule has 10 heteroatoms. The van der Waals surface area contributed by atoms with Crippen LogP contribution in [0.1, 0.15) is 45.1 Å². The molecule has 0 unspecified atom stereocenters. The number of rotatable bonds is 8. The molecule has 166 valence electrons. The minimum Gasteiger partial charge on any atom is -0.478 e. The lowest BCUT2D eigenvalue weighted by molar-refractivity contribution is -0.113. The summed E-state index contributed by atoms with van der Waals surface area (Å²) in [5, 5.41) is 23.4. The highest BCUT2D eigenvalue weighted by Crippen LogP contribution is 2.20. The zero-order valence-corrected chi connectivity index (χ0v) is 18.6. The van der Waals surface area contributed by atoms with Crippen LogP contribution in [0.4, 0.5) is 5.69 Å². The lowest BCUT2D eigenvalue weighted by atomic mass is 10.1.